The Morgan fingerprint density at radius 1 is 1.80 bits per heavy atom. The molecule has 2 atom stereocenters. The highest BCUT2D eigenvalue weighted by atomic mass is 19.1. The van der Waals surface area contributed by atoms with Crippen molar-refractivity contribution in [1.82, 2.24) is 0 Å². The first-order valence-electron chi connectivity index (χ1n) is 3.15. The molecule has 0 aromatic heterocycles. The normalized spacial score (nSPS) is 16.3. The fraction of sp³-hybridized carbons (Fsp3) is 0.833. The molecule has 0 amide bonds. The Bertz CT molecular complexity index is 116. The standard InChI is InChI=1S/C6H12FNO2/c1-4(7)5(8)2-3-6(9)10/h4-5H,2-3,8H2,1H3,(H,9,10)/t4-,5-/m0/s1. The van der Waals surface area contributed by atoms with Crippen molar-refractivity contribution in [3.05, 3.63) is 0 Å². The second kappa shape index (κ2) is 4.22. The van der Waals surface area contributed by atoms with Crippen LogP contribution in [-0.2, 0) is 4.79 Å². The van der Waals surface area contributed by atoms with E-state index in [1.54, 1.807) is 0 Å². The van der Waals surface area contributed by atoms with Crippen LogP contribution in [0.1, 0.15) is 19.8 Å². The maximum Gasteiger partial charge on any atom is 0.303 e. The zero-order chi connectivity index (χ0) is 8.15. The monoisotopic (exact) mass is 149 g/mol. The maximum atomic E-state index is 12.2. The molecule has 0 aliphatic carbocycles. The van der Waals surface area contributed by atoms with E-state index in [4.69, 9.17) is 10.8 Å². The van der Waals surface area contributed by atoms with Gasteiger partial charge in [-0.1, -0.05) is 0 Å². The first-order valence-corrected chi connectivity index (χ1v) is 3.15. The molecular weight excluding hydrogens is 137 g/mol. The molecule has 0 saturated carbocycles. The molecule has 0 spiro atoms. The van der Waals surface area contributed by atoms with E-state index in [1.807, 2.05) is 0 Å². The van der Waals surface area contributed by atoms with Crippen molar-refractivity contribution in [3.63, 3.8) is 0 Å². The molecule has 60 valence electrons. The summed E-state index contributed by atoms with van der Waals surface area (Å²) in [6.45, 7) is 1.33. The van der Waals surface area contributed by atoms with Gasteiger partial charge in [0.25, 0.3) is 0 Å². The molecule has 0 aromatic carbocycles. The van der Waals surface area contributed by atoms with E-state index >= 15 is 0 Å². The quantitative estimate of drug-likeness (QED) is 0.613. The third-order valence-electron chi connectivity index (χ3n) is 1.28. The predicted octanol–water partition coefficient (Wildman–Crippen LogP) is 0.536. The first kappa shape index (κ1) is 9.36. The summed E-state index contributed by atoms with van der Waals surface area (Å²) >= 11 is 0. The summed E-state index contributed by atoms with van der Waals surface area (Å²) in [5.74, 6) is -0.934. The van der Waals surface area contributed by atoms with E-state index in [0.29, 0.717) is 0 Å². The van der Waals surface area contributed by atoms with Crippen LogP contribution in [0, 0.1) is 0 Å². The molecule has 0 heterocycles. The third kappa shape index (κ3) is 4.26. The summed E-state index contributed by atoms with van der Waals surface area (Å²) in [6, 6.07) is -0.643. The highest BCUT2D eigenvalue weighted by Crippen LogP contribution is 2.02. The summed E-state index contributed by atoms with van der Waals surface area (Å²) < 4.78 is 12.2. The predicted molar refractivity (Wildman–Crippen MR) is 35.4 cm³/mol. The minimum atomic E-state index is -1.13. The van der Waals surface area contributed by atoms with E-state index in [9.17, 15) is 9.18 Å². The SMILES string of the molecule is C[C@H](F)[C@@H](N)CCC(=O)O. The van der Waals surface area contributed by atoms with Gasteiger partial charge in [-0.25, -0.2) is 4.39 Å². The summed E-state index contributed by atoms with van der Waals surface area (Å²) in [6.07, 6.45) is -0.984. The van der Waals surface area contributed by atoms with Crippen LogP contribution in [0.25, 0.3) is 0 Å². The van der Waals surface area contributed by atoms with Gasteiger partial charge >= 0.3 is 5.97 Å². The Morgan fingerprint density at radius 2 is 2.30 bits per heavy atom. The van der Waals surface area contributed by atoms with Crippen LogP contribution >= 0.6 is 0 Å². The number of hydrogen-bond acceptors (Lipinski definition) is 2. The van der Waals surface area contributed by atoms with Gasteiger partial charge in [-0.05, 0) is 13.3 Å². The first-order chi connectivity index (χ1) is 4.54. The van der Waals surface area contributed by atoms with Crippen LogP contribution in [0.3, 0.4) is 0 Å². The van der Waals surface area contributed by atoms with E-state index in [0.717, 1.165) is 0 Å². The molecular formula is C6H12FNO2. The highest BCUT2D eigenvalue weighted by Gasteiger charge is 2.11. The fourth-order valence-electron chi connectivity index (χ4n) is 0.520. The second-order valence-corrected chi connectivity index (χ2v) is 2.27. The molecule has 0 aliphatic heterocycles. The highest BCUT2D eigenvalue weighted by molar-refractivity contribution is 5.66. The molecule has 0 rings (SSSR count). The van der Waals surface area contributed by atoms with Gasteiger partial charge in [0.2, 0.25) is 0 Å². The Labute approximate surface area is 59.0 Å². The van der Waals surface area contributed by atoms with Crippen LogP contribution in [0.15, 0.2) is 0 Å². The molecule has 0 aromatic rings. The van der Waals surface area contributed by atoms with Gasteiger partial charge < -0.3 is 10.8 Å². The van der Waals surface area contributed by atoms with Gasteiger partial charge in [-0.15, -0.1) is 0 Å². The maximum absolute atomic E-state index is 12.2. The van der Waals surface area contributed by atoms with Crippen molar-refractivity contribution in [1.29, 1.82) is 0 Å². The molecule has 0 aliphatic rings. The molecule has 0 bridgehead atoms. The largest absolute Gasteiger partial charge is 0.481 e. The van der Waals surface area contributed by atoms with Gasteiger partial charge in [0.05, 0.1) is 0 Å². The number of carboxylic acids is 1. The number of carboxylic acid groups (broad SMARTS) is 1. The average Bonchev–Trinajstić information content (AvgIpc) is 1.82. The van der Waals surface area contributed by atoms with Gasteiger partial charge in [-0.2, -0.15) is 0 Å². The number of nitrogens with two attached hydrogens (primary N) is 1. The average molecular weight is 149 g/mol. The molecule has 4 heteroatoms. The summed E-state index contributed by atoms with van der Waals surface area (Å²) in [4.78, 5) is 9.95. The van der Waals surface area contributed by atoms with Crippen molar-refractivity contribution < 1.29 is 14.3 Å². The lowest BCUT2D eigenvalue weighted by Gasteiger charge is -2.09. The second-order valence-electron chi connectivity index (χ2n) is 2.27. The molecule has 3 nitrogen and oxygen atoms in total. The summed E-state index contributed by atoms with van der Waals surface area (Å²) in [5.41, 5.74) is 5.23. The molecule has 0 fully saturated rings. The molecule has 0 radical (unpaired) electrons. The smallest absolute Gasteiger partial charge is 0.303 e. The van der Waals surface area contributed by atoms with Crippen molar-refractivity contribution in [2.24, 2.45) is 5.73 Å². The zero-order valence-electron chi connectivity index (χ0n) is 5.88. The number of hydrogen-bond donors (Lipinski definition) is 2. The minimum Gasteiger partial charge on any atom is -0.481 e. The third-order valence-corrected chi connectivity index (χ3v) is 1.28. The Hall–Kier alpha value is -0.640. The Balaban J connectivity index is 3.39. The van der Waals surface area contributed by atoms with Crippen molar-refractivity contribution in [2.45, 2.75) is 32.0 Å². The van der Waals surface area contributed by atoms with Crippen molar-refractivity contribution in [3.8, 4) is 0 Å². The van der Waals surface area contributed by atoms with Gasteiger partial charge in [0, 0.05) is 12.5 Å². The van der Waals surface area contributed by atoms with Crippen LogP contribution in [0.4, 0.5) is 4.39 Å². The number of aliphatic carboxylic acids is 1. The molecule has 10 heavy (non-hydrogen) atoms. The summed E-state index contributed by atoms with van der Waals surface area (Å²) in [7, 11) is 0. The van der Waals surface area contributed by atoms with Crippen LogP contribution in [0.2, 0.25) is 0 Å². The van der Waals surface area contributed by atoms with E-state index < -0.39 is 18.2 Å². The van der Waals surface area contributed by atoms with Crippen molar-refractivity contribution >= 4 is 5.97 Å². The lowest BCUT2D eigenvalue weighted by molar-refractivity contribution is -0.137. The van der Waals surface area contributed by atoms with Crippen LogP contribution in [0.5, 0.6) is 0 Å². The van der Waals surface area contributed by atoms with E-state index in [-0.39, 0.29) is 12.8 Å². The zero-order valence-corrected chi connectivity index (χ0v) is 5.88. The van der Waals surface area contributed by atoms with Gasteiger partial charge in [-0.3, -0.25) is 4.79 Å². The Morgan fingerprint density at radius 3 is 2.60 bits per heavy atom. The molecule has 0 saturated heterocycles. The fourth-order valence-corrected chi connectivity index (χ4v) is 0.520. The minimum absolute atomic E-state index is 0.0601. The summed E-state index contributed by atoms with van der Waals surface area (Å²) in [5, 5.41) is 8.17. The van der Waals surface area contributed by atoms with Crippen molar-refractivity contribution in [2.75, 3.05) is 0 Å². The number of halogens is 1. The van der Waals surface area contributed by atoms with Gasteiger partial charge in [0.15, 0.2) is 0 Å². The van der Waals surface area contributed by atoms with E-state index in [1.165, 1.54) is 6.92 Å². The van der Waals surface area contributed by atoms with Crippen LogP contribution < -0.4 is 5.73 Å². The lowest BCUT2D eigenvalue weighted by atomic mass is 10.1. The van der Waals surface area contributed by atoms with E-state index in [2.05, 4.69) is 0 Å². The number of carbonyl (C=O) groups is 1. The van der Waals surface area contributed by atoms with Crippen LogP contribution in [-0.4, -0.2) is 23.3 Å². The molecule has 3 N–H and O–H groups in total. The lowest BCUT2D eigenvalue weighted by Crippen LogP contribution is -2.29. The number of rotatable bonds is 4. The molecule has 0 unspecified atom stereocenters. The van der Waals surface area contributed by atoms with Gasteiger partial charge in [0.1, 0.15) is 6.17 Å². The number of alkyl halides is 1. The Kier molecular flexibility index (Phi) is 3.95. The topological polar surface area (TPSA) is 63.3 Å².